The van der Waals surface area contributed by atoms with Crippen LogP contribution in [-0.2, 0) is 51.7 Å². The molecule has 3 heterocycles. The van der Waals surface area contributed by atoms with Crippen molar-refractivity contribution in [3.63, 3.8) is 0 Å². The quantitative estimate of drug-likeness (QED) is 0.628. The molecule has 3 rings (SSSR count). The Hall–Kier alpha value is -0.446. The number of thioether (sulfide) groups is 1. The topological polar surface area (TPSA) is 88.4 Å². The molecular weight excluding hydrogens is 433 g/mol. The Labute approximate surface area is 181 Å². The molecule has 0 aromatic carbocycles. The molecule has 1 fully saturated rings. The molecular formula is C16H21N4O4SY-. The van der Waals surface area contributed by atoms with E-state index in [2.05, 4.69) is 21.3 Å². The Kier molecular flexibility index (Phi) is 7.70. The summed E-state index contributed by atoms with van der Waals surface area (Å²) >= 11 is 1.21. The molecule has 1 aliphatic heterocycles. The van der Waals surface area contributed by atoms with E-state index in [9.17, 15) is 4.79 Å². The van der Waals surface area contributed by atoms with Crippen LogP contribution in [0.2, 0.25) is 0 Å². The zero-order chi connectivity index (χ0) is 18.1. The van der Waals surface area contributed by atoms with Crippen molar-refractivity contribution in [2.45, 2.75) is 44.5 Å². The summed E-state index contributed by atoms with van der Waals surface area (Å²) in [4.78, 5) is 24.7. The zero-order valence-electron chi connectivity index (χ0n) is 15.4. The maximum absolute atomic E-state index is 11.8. The summed E-state index contributed by atoms with van der Waals surface area (Å²) in [6.45, 7) is 5.65. The van der Waals surface area contributed by atoms with Gasteiger partial charge in [0.05, 0.1) is 23.3 Å². The Morgan fingerprint density at radius 3 is 2.69 bits per heavy atom. The normalized spacial score (nSPS) is 25.4. The van der Waals surface area contributed by atoms with Crippen LogP contribution in [0, 0.1) is 20.2 Å². The van der Waals surface area contributed by atoms with Gasteiger partial charge < -0.3 is 28.7 Å². The third-order valence-corrected chi connectivity index (χ3v) is 5.33. The van der Waals surface area contributed by atoms with E-state index in [4.69, 9.17) is 14.2 Å². The van der Waals surface area contributed by atoms with Gasteiger partial charge in [0.15, 0.2) is 5.12 Å². The van der Waals surface area contributed by atoms with Gasteiger partial charge in [0.25, 0.3) is 0 Å². The fourth-order valence-corrected chi connectivity index (χ4v) is 4.31. The number of aryl methyl sites for hydroxylation is 2. The second-order valence-electron chi connectivity index (χ2n) is 5.91. The Morgan fingerprint density at radius 1 is 1.35 bits per heavy atom. The standard InChI is InChI=1S/C16H21N4O4S.Y/c1-8-12-15(18-7-17-8)20(9(2)19-12)16-14(25-10(3)21)13(23-5)11(24-16)6-22-4;/h11,13-14,16H,6H2,1-5H3;/q-1;/t11-,13?,14+,16-;/m1./s1. The van der Waals surface area contributed by atoms with E-state index >= 15 is 0 Å². The Balaban J connectivity index is 0.00000243. The SMILES string of the molecule is COC[C@H]1O[C@@H](n2c(C)nc3c(C)n[c-]nc32)[C@@H](SC(C)=O)C1OC.[Y]. The maximum atomic E-state index is 11.8. The Bertz CT molecular complexity index is 787. The number of fused-ring (bicyclic) bond motifs is 1. The fraction of sp³-hybridized carbons (Fsp3) is 0.625. The molecule has 1 saturated heterocycles. The monoisotopic (exact) mass is 454 g/mol. The Morgan fingerprint density at radius 2 is 2.08 bits per heavy atom. The number of methoxy groups -OCH3 is 2. The second-order valence-corrected chi connectivity index (χ2v) is 7.26. The van der Waals surface area contributed by atoms with Crippen LogP contribution in [0.25, 0.3) is 11.2 Å². The summed E-state index contributed by atoms with van der Waals surface area (Å²) in [5.41, 5.74) is 2.09. The number of carbonyl (C=O) groups excluding carboxylic acids is 1. The van der Waals surface area contributed by atoms with Crippen molar-refractivity contribution in [1.29, 1.82) is 0 Å². The van der Waals surface area contributed by atoms with E-state index in [0.29, 0.717) is 17.8 Å². The summed E-state index contributed by atoms with van der Waals surface area (Å²) in [6, 6.07) is 0. The van der Waals surface area contributed by atoms with Gasteiger partial charge in [-0.05, 0) is 12.6 Å². The van der Waals surface area contributed by atoms with Crippen LogP contribution >= 0.6 is 11.8 Å². The van der Waals surface area contributed by atoms with Crippen molar-refractivity contribution in [3.05, 3.63) is 17.8 Å². The molecule has 1 radical (unpaired) electrons. The molecule has 2 aromatic heterocycles. The van der Waals surface area contributed by atoms with Gasteiger partial charge in [-0.15, -0.1) is 0 Å². The third-order valence-electron chi connectivity index (χ3n) is 4.22. The van der Waals surface area contributed by atoms with E-state index < -0.39 is 6.23 Å². The maximum Gasteiger partial charge on any atom is 0.186 e. The van der Waals surface area contributed by atoms with E-state index in [-0.39, 0.29) is 55.3 Å². The van der Waals surface area contributed by atoms with Gasteiger partial charge in [0.2, 0.25) is 0 Å². The molecule has 0 bridgehead atoms. The average molecular weight is 454 g/mol. The van der Waals surface area contributed by atoms with E-state index in [0.717, 1.165) is 11.5 Å². The van der Waals surface area contributed by atoms with E-state index in [1.807, 2.05) is 18.4 Å². The van der Waals surface area contributed by atoms with Crippen LogP contribution < -0.4 is 0 Å². The number of rotatable bonds is 5. The molecule has 0 N–H and O–H groups in total. The first-order chi connectivity index (χ1) is 12.0. The summed E-state index contributed by atoms with van der Waals surface area (Å²) in [6.07, 6.45) is 1.62. The van der Waals surface area contributed by atoms with Crippen LogP contribution in [0.4, 0.5) is 0 Å². The molecule has 4 atom stereocenters. The first-order valence-electron chi connectivity index (χ1n) is 7.91. The van der Waals surface area contributed by atoms with Crippen LogP contribution in [-0.4, -0.2) is 62.9 Å². The smallest absolute Gasteiger partial charge is 0.186 e. The number of hydrogen-bond acceptors (Lipinski definition) is 8. The van der Waals surface area contributed by atoms with Crippen LogP contribution in [0.3, 0.4) is 0 Å². The average Bonchev–Trinajstić information content (AvgIpc) is 3.05. The van der Waals surface area contributed by atoms with Gasteiger partial charge in [-0.3, -0.25) is 9.78 Å². The number of carbonyl (C=O) groups is 1. The van der Waals surface area contributed by atoms with Gasteiger partial charge in [0, 0.05) is 65.7 Å². The third kappa shape index (κ3) is 4.03. The fourth-order valence-electron chi connectivity index (χ4n) is 3.20. The molecule has 0 amide bonds. The zero-order valence-corrected chi connectivity index (χ0v) is 19.1. The number of hydrogen-bond donors (Lipinski definition) is 0. The van der Waals surface area contributed by atoms with Gasteiger partial charge in [0.1, 0.15) is 18.4 Å². The summed E-state index contributed by atoms with van der Waals surface area (Å²) in [5, 5.41) is -0.243. The summed E-state index contributed by atoms with van der Waals surface area (Å²) < 4.78 is 19.0. The molecule has 139 valence electrons. The van der Waals surface area contributed by atoms with Crippen molar-refractivity contribution < 1.29 is 51.7 Å². The number of nitrogens with zero attached hydrogens (tertiary/aromatic N) is 4. The molecule has 10 heteroatoms. The van der Waals surface area contributed by atoms with Gasteiger partial charge in [-0.25, -0.2) is 0 Å². The number of imidazole rings is 1. The molecule has 0 aliphatic carbocycles. The molecule has 0 spiro atoms. The van der Waals surface area contributed by atoms with Crippen molar-refractivity contribution >= 4 is 28.0 Å². The number of aromatic nitrogens is 4. The predicted molar refractivity (Wildman–Crippen MR) is 92.3 cm³/mol. The van der Waals surface area contributed by atoms with Crippen molar-refractivity contribution in [1.82, 2.24) is 19.5 Å². The minimum absolute atomic E-state index is 0. The van der Waals surface area contributed by atoms with Crippen LogP contribution in [0.15, 0.2) is 0 Å². The van der Waals surface area contributed by atoms with Crippen LogP contribution in [0.5, 0.6) is 0 Å². The molecule has 1 aliphatic rings. The van der Waals surface area contributed by atoms with Crippen molar-refractivity contribution in [2.75, 3.05) is 20.8 Å². The minimum atomic E-state index is -0.452. The summed E-state index contributed by atoms with van der Waals surface area (Å²) in [7, 11) is 3.23. The molecule has 26 heavy (non-hydrogen) atoms. The number of ether oxygens (including phenoxy) is 3. The van der Waals surface area contributed by atoms with Crippen molar-refractivity contribution in [3.8, 4) is 0 Å². The van der Waals surface area contributed by atoms with Crippen LogP contribution in [0.1, 0.15) is 24.7 Å². The van der Waals surface area contributed by atoms with Gasteiger partial charge in [-0.2, -0.15) is 0 Å². The minimum Gasteiger partial charge on any atom is -0.382 e. The van der Waals surface area contributed by atoms with Crippen molar-refractivity contribution in [2.24, 2.45) is 0 Å². The summed E-state index contributed by atoms with van der Waals surface area (Å²) in [5.74, 6) is 0.735. The molecule has 1 unspecified atom stereocenters. The first kappa shape index (κ1) is 21.8. The molecule has 2 aromatic rings. The predicted octanol–water partition coefficient (Wildman–Crippen LogP) is 1.45. The second kappa shape index (κ2) is 9.16. The van der Waals surface area contributed by atoms with E-state index in [1.54, 1.807) is 14.2 Å². The molecule has 8 nitrogen and oxygen atoms in total. The first-order valence-corrected chi connectivity index (χ1v) is 8.79. The van der Waals surface area contributed by atoms with E-state index in [1.165, 1.54) is 18.7 Å². The largest absolute Gasteiger partial charge is 0.382 e. The molecule has 0 saturated carbocycles. The van der Waals surface area contributed by atoms with Gasteiger partial charge in [-0.1, -0.05) is 18.7 Å². The van der Waals surface area contributed by atoms with Gasteiger partial charge >= 0.3 is 0 Å².